The van der Waals surface area contributed by atoms with Crippen molar-refractivity contribution in [1.29, 1.82) is 0 Å². The van der Waals surface area contributed by atoms with Gasteiger partial charge in [0.05, 0.1) is 11.4 Å². The lowest BCUT2D eigenvalue weighted by Gasteiger charge is -2.09. The van der Waals surface area contributed by atoms with E-state index in [2.05, 4.69) is 20.6 Å². The van der Waals surface area contributed by atoms with Crippen molar-refractivity contribution >= 4 is 23.2 Å². The summed E-state index contributed by atoms with van der Waals surface area (Å²) >= 11 is 0. The molecule has 0 unspecified atom stereocenters. The van der Waals surface area contributed by atoms with Crippen LogP contribution in [0.2, 0.25) is 0 Å². The van der Waals surface area contributed by atoms with Crippen molar-refractivity contribution in [3.8, 4) is 0 Å². The molecule has 1 aromatic heterocycles. The number of carbonyl (C=O) groups is 1. The SMILES string of the molecule is O=C(Nc1ccccc1F)c1ccnc(Nc2ccc(F)c(F)c2F)n1. The van der Waals surface area contributed by atoms with Crippen molar-refractivity contribution in [2.45, 2.75) is 0 Å². The molecule has 0 fully saturated rings. The highest BCUT2D eigenvalue weighted by molar-refractivity contribution is 6.03. The van der Waals surface area contributed by atoms with Crippen LogP contribution < -0.4 is 10.6 Å². The van der Waals surface area contributed by atoms with Gasteiger partial charge in [-0.1, -0.05) is 12.1 Å². The third kappa shape index (κ3) is 3.61. The van der Waals surface area contributed by atoms with Gasteiger partial charge in [-0.15, -0.1) is 0 Å². The third-order valence-corrected chi connectivity index (χ3v) is 3.29. The van der Waals surface area contributed by atoms with Gasteiger partial charge in [-0.2, -0.15) is 0 Å². The number of hydrogen-bond donors (Lipinski definition) is 2. The van der Waals surface area contributed by atoms with Gasteiger partial charge in [-0.05, 0) is 30.3 Å². The summed E-state index contributed by atoms with van der Waals surface area (Å²) in [6, 6.07) is 8.49. The largest absolute Gasteiger partial charge is 0.322 e. The van der Waals surface area contributed by atoms with Crippen LogP contribution in [0.3, 0.4) is 0 Å². The lowest BCUT2D eigenvalue weighted by molar-refractivity contribution is 0.102. The summed E-state index contributed by atoms with van der Waals surface area (Å²) in [6.45, 7) is 0. The van der Waals surface area contributed by atoms with E-state index in [0.717, 1.165) is 12.1 Å². The summed E-state index contributed by atoms with van der Waals surface area (Å²) in [6.07, 6.45) is 1.20. The second kappa shape index (κ2) is 7.18. The van der Waals surface area contributed by atoms with E-state index in [1.165, 1.54) is 36.5 Å². The zero-order valence-electron chi connectivity index (χ0n) is 12.9. The van der Waals surface area contributed by atoms with Gasteiger partial charge in [0.2, 0.25) is 5.95 Å². The highest BCUT2D eigenvalue weighted by Gasteiger charge is 2.15. The van der Waals surface area contributed by atoms with Crippen molar-refractivity contribution in [3.05, 3.63) is 77.6 Å². The number of nitrogens with zero attached hydrogens (tertiary/aromatic N) is 2. The number of halogens is 4. The maximum absolute atomic E-state index is 13.7. The topological polar surface area (TPSA) is 66.9 Å². The van der Waals surface area contributed by atoms with Crippen molar-refractivity contribution < 1.29 is 22.4 Å². The van der Waals surface area contributed by atoms with E-state index >= 15 is 0 Å². The van der Waals surface area contributed by atoms with Crippen LogP contribution in [-0.4, -0.2) is 15.9 Å². The van der Waals surface area contributed by atoms with Crippen molar-refractivity contribution in [2.24, 2.45) is 0 Å². The number of para-hydroxylation sites is 1. The molecular weight excluding hydrogens is 352 g/mol. The van der Waals surface area contributed by atoms with Crippen LogP contribution in [-0.2, 0) is 0 Å². The van der Waals surface area contributed by atoms with Gasteiger partial charge in [0, 0.05) is 6.20 Å². The minimum atomic E-state index is -1.65. The molecule has 0 saturated heterocycles. The third-order valence-electron chi connectivity index (χ3n) is 3.29. The second-order valence-electron chi connectivity index (χ2n) is 5.05. The van der Waals surface area contributed by atoms with Crippen molar-refractivity contribution in [2.75, 3.05) is 10.6 Å². The Hall–Kier alpha value is -3.49. The first-order chi connectivity index (χ1) is 12.5. The molecule has 9 heteroatoms. The summed E-state index contributed by atoms with van der Waals surface area (Å²) < 4.78 is 53.5. The number of amides is 1. The van der Waals surface area contributed by atoms with Crippen LogP contribution in [0.1, 0.15) is 10.5 Å². The predicted molar refractivity (Wildman–Crippen MR) is 86.0 cm³/mol. The van der Waals surface area contributed by atoms with Gasteiger partial charge >= 0.3 is 0 Å². The molecule has 3 aromatic rings. The Morgan fingerprint density at radius 2 is 1.62 bits per heavy atom. The van der Waals surface area contributed by atoms with Gasteiger partial charge in [0.15, 0.2) is 17.5 Å². The molecule has 1 heterocycles. The molecule has 26 heavy (non-hydrogen) atoms. The fourth-order valence-electron chi connectivity index (χ4n) is 2.04. The maximum atomic E-state index is 13.7. The molecule has 1 amide bonds. The first-order valence-electron chi connectivity index (χ1n) is 7.25. The average Bonchev–Trinajstić information content (AvgIpc) is 2.64. The Bertz CT molecular complexity index is 981. The van der Waals surface area contributed by atoms with Crippen LogP contribution in [0.4, 0.5) is 34.9 Å². The molecule has 132 valence electrons. The Morgan fingerprint density at radius 1 is 0.846 bits per heavy atom. The molecule has 2 N–H and O–H groups in total. The van der Waals surface area contributed by atoms with E-state index in [9.17, 15) is 22.4 Å². The molecule has 0 spiro atoms. The number of aromatic nitrogens is 2. The van der Waals surface area contributed by atoms with Gasteiger partial charge in [0.25, 0.3) is 5.91 Å². The van der Waals surface area contributed by atoms with E-state index < -0.39 is 34.9 Å². The number of hydrogen-bond acceptors (Lipinski definition) is 4. The lowest BCUT2D eigenvalue weighted by Crippen LogP contribution is -2.15. The van der Waals surface area contributed by atoms with Crippen LogP contribution in [0.25, 0.3) is 0 Å². The van der Waals surface area contributed by atoms with E-state index in [0.29, 0.717) is 0 Å². The van der Waals surface area contributed by atoms with Gasteiger partial charge in [0.1, 0.15) is 11.5 Å². The fourth-order valence-corrected chi connectivity index (χ4v) is 2.04. The van der Waals surface area contributed by atoms with Crippen LogP contribution in [0.15, 0.2) is 48.7 Å². The molecule has 0 aliphatic heterocycles. The van der Waals surface area contributed by atoms with Gasteiger partial charge < -0.3 is 10.6 Å². The molecule has 0 bridgehead atoms. The zero-order chi connectivity index (χ0) is 18.7. The van der Waals surface area contributed by atoms with E-state index in [1.807, 2.05) is 0 Å². The monoisotopic (exact) mass is 362 g/mol. The number of anilines is 3. The van der Waals surface area contributed by atoms with Crippen molar-refractivity contribution in [3.63, 3.8) is 0 Å². The van der Waals surface area contributed by atoms with Crippen molar-refractivity contribution in [1.82, 2.24) is 9.97 Å². The average molecular weight is 362 g/mol. The van der Waals surface area contributed by atoms with Gasteiger partial charge in [-0.3, -0.25) is 4.79 Å². The van der Waals surface area contributed by atoms with E-state index in [1.54, 1.807) is 0 Å². The molecule has 3 rings (SSSR count). The highest BCUT2D eigenvalue weighted by atomic mass is 19.2. The first-order valence-corrected chi connectivity index (χ1v) is 7.25. The highest BCUT2D eigenvalue weighted by Crippen LogP contribution is 2.22. The Kier molecular flexibility index (Phi) is 4.78. The smallest absolute Gasteiger partial charge is 0.274 e. The second-order valence-corrected chi connectivity index (χ2v) is 5.05. The predicted octanol–water partition coefficient (Wildman–Crippen LogP) is 4.03. The number of carbonyl (C=O) groups excluding carboxylic acids is 1. The van der Waals surface area contributed by atoms with Crippen LogP contribution >= 0.6 is 0 Å². The molecule has 5 nitrogen and oxygen atoms in total. The Balaban J connectivity index is 1.81. The summed E-state index contributed by atoms with van der Waals surface area (Å²) in [5, 5.41) is 4.68. The quantitative estimate of drug-likeness (QED) is 0.543. The molecule has 0 aliphatic rings. The van der Waals surface area contributed by atoms with Gasteiger partial charge in [-0.25, -0.2) is 27.5 Å². The molecule has 0 radical (unpaired) electrons. The summed E-state index contributed by atoms with van der Waals surface area (Å²) in [7, 11) is 0. The normalized spacial score (nSPS) is 10.5. The number of benzene rings is 2. The van der Waals surface area contributed by atoms with E-state index in [4.69, 9.17) is 0 Å². The minimum Gasteiger partial charge on any atom is -0.322 e. The molecule has 0 saturated carbocycles. The van der Waals surface area contributed by atoms with E-state index in [-0.39, 0.29) is 17.3 Å². The first kappa shape index (κ1) is 17.3. The Labute approximate surface area is 144 Å². The zero-order valence-corrected chi connectivity index (χ0v) is 12.9. The number of nitrogens with one attached hydrogen (secondary N) is 2. The summed E-state index contributed by atoms with van der Waals surface area (Å²) in [5.74, 6) is -6.02. The maximum Gasteiger partial charge on any atom is 0.274 e. The number of rotatable bonds is 4. The minimum absolute atomic E-state index is 0.0442. The lowest BCUT2D eigenvalue weighted by atomic mass is 10.3. The van der Waals surface area contributed by atoms with Crippen LogP contribution in [0.5, 0.6) is 0 Å². The summed E-state index contributed by atoms with van der Waals surface area (Å²) in [5.41, 5.74) is -0.596. The molecule has 0 aliphatic carbocycles. The Morgan fingerprint density at radius 3 is 2.38 bits per heavy atom. The molecule has 2 aromatic carbocycles. The van der Waals surface area contributed by atoms with Crippen LogP contribution in [0, 0.1) is 23.3 Å². The molecule has 0 atom stereocenters. The standard InChI is InChI=1S/C17H10F4N4O/c18-9-3-1-2-4-11(9)23-16(26)13-7-8-22-17(25-13)24-12-6-5-10(19)14(20)15(12)21/h1-8H,(H,23,26)(H,22,24,25). The fraction of sp³-hybridized carbons (Fsp3) is 0. The molecular formula is C17H10F4N4O. The summed E-state index contributed by atoms with van der Waals surface area (Å²) in [4.78, 5) is 19.8.